The summed E-state index contributed by atoms with van der Waals surface area (Å²) in [5, 5.41) is 9.93. The van der Waals surface area contributed by atoms with Crippen LogP contribution in [0.4, 0.5) is 17.3 Å². The number of ether oxygens (including phenoxy) is 2. The van der Waals surface area contributed by atoms with Crippen molar-refractivity contribution in [2.45, 2.75) is 19.8 Å². The van der Waals surface area contributed by atoms with Crippen molar-refractivity contribution in [3.8, 4) is 0 Å². The average Bonchev–Trinajstić information content (AvgIpc) is 2.63. The van der Waals surface area contributed by atoms with E-state index in [2.05, 4.69) is 15.4 Å². The molecule has 1 rings (SSSR count). The maximum Gasteiger partial charge on any atom is 0.673 e. The quantitative estimate of drug-likeness (QED) is 0.496. The summed E-state index contributed by atoms with van der Waals surface area (Å²) < 4.78 is 49.1. The number of hydrogen-bond acceptors (Lipinski definition) is 4. The zero-order valence-electron chi connectivity index (χ0n) is 8.66. The maximum absolute atomic E-state index is 9.75. The molecule has 10 heteroatoms. The molecule has 0 spiro atoms. The van der Waals surface area contributed by atoms with Crippen molar-refractivity contribution < 1.29 is 26.7 Å². The lowest BCUT2D eigenvalue weighted by Crippen LogP contribution is -2.09. The van der Waals surface area contributed by atoms with Crippen LogP contribution in [0.15, 0.2) is 6.20 Å². The highest BCUT2D eigenvalue weighted by atomic mass is 19.5. The molecule has 1 atom stereocenters. The molecule has 0 radical (unpaired) electrons. The van der Waals surface area contributed by atoms with E-state index in [1.54, 1.807) is 13.3 Å². The van der Waals surface area contributed by atoms with Gasteiger partial charge >= 0.3 is 7.25 Å². The summed E-state index contributed by atoms with van der Waals surface area (Å²) in [5.74, 6) is 0. The van der Waals surface area contributed by atoms with Gasteiger partial charge in [-0.15, -0.1) is 0 Å². The van der Waals surface area contributed by atoms with Crippen molar-refractivity contribution in [2.75, 3.05) is 7.11 Å². The van der Waals surface area contributed by atoms with E-state index in [0.717, 1.165) is 5.69 Å². The highest BCUT2D eigenvalue weighted by Gasteiger charge is 2.20. The second-order valence-electron chi connectivity index (χ2n) is 2.57. The third-order valence-electron chi connectivity index (χ3n) is 1.26. The number of halogens is 4. The monoisotopic (exact) mass is 244 g/mol. The van der Waals surface area contributed by atoms with Gasteiger partial charge in [-0.1, -0.05) is 0 Å². The van der Waals surface area contributed by atoms with Crippen LogP contribution in [0.1, 0.15) is 12.6 Å². The largest absolute Gasteiger partial charge is 0.673 e. The van der Waals surface area contributed by atoms with Gasteiger partial charge in [0.1, 0.15) is 5.69 Å². The summed E-state index contributed by atoms with van der Waals surface area (Å²) in [6.45, 7) is 2.24. The molecule has 0 aliphatic carbocycles. The predicted octanol–water partition coefficient (Wildman–Crippen LogP) is 1.61. The number of H-pyrrole nitrogens is 1. The van der Waals surface area contributed by atoms with E-state index in [-0.39, 0.29) is 6.29 Å². The normalized spacial score (nSPS) is 12.9. The van der Waals surface area contributed by atoms with Gasteiger partial charge in [0, 0.05) is 7.11 Å². The molecule has 0 aromatic carbocycles. The molecule has 1 N–H and O–H groups in total. The lowest BCUT2D eigenvalue weighted by molar-refractivity contribution is -0.119. The van der Waals surface area contributed by atoms with Gasteiger partial charge in [0.25, 0.3) is 0 Å². The standard InChI is InChI=1S/C6H11N3O2.BF4/c1-5(10-2)11-4-6-3-7-9-8-6;2-1(3,4)5/h3,5H,4H2,1-2H3,(H,7,8,9);/q;-1. The molecule has 0 saturated heterocycles. The molecule has 0 aliphatic rings. The van der Waals surface area contributed by atoms with E-state index in [1.165, 1.54) is 0 Å². The van der Waals surface area contributed by atoms with Gasteiger partial charge in [0.15, 0.2) is 6.29 Å². The van der Waals surface area contributed by atoms with Gasteiger partial charge in [-0.3, -0.25) is 0 Å². The zero-order chi connectivity index (χ0) is 12.6. The lowest BCUT2D eigenvalue weighted by atomic mass is 10.3. The van der Waals surface area contributed by atoms with Gasteiger partial charge in [-0.25, -0.2) is 0 Å². The SMILES string of the molecule is COC(C)OCc1cn[nH]n1.F[B-](F)(F)F. The van der Waals surface area contributed by atoms with E-state index >= 15 is 0 Å². The summed E-state index contributed by atoms with van der Waals surface area (Å²) in [5.41, 5.74) is 0.772. The molecular weight excluding hydrogens is 233 g/mol. The first-order valence-electron chi connectivity index (χ1n) is 4.19. The van der Waals surface area contributed by atoms with Gasteiger partial charge in [-0.05, 0) is 6.92 Å². The second-order valence-corrected chi connectivity index (χ2v) is 2.57. The summed E-state index contributed by atoms with van der Waals surface area (Å²) in [4.78, 5) is 0. The van der Waals surface area contributed by atoms with Crippen LogP contribution in [0.2, 0.25) is 0 Å². The summed E-state index contributed by atoms with van der Waals surface area (Å²) in [7, 11) is -4.41. The molecule has 5 nitrogen and oxygen atoms in total. The van der Waals surface area contributed by atoms with Crippen LogP contribution in [-0.2, 0) is 16.1 Å². The van der Waals surface area contributed by atoms with Crippen molar-refractivity contribution >= 4 is 7.25 Å². The van der Waals surface area contributed by atoms with Crippen molar-refractivity contribution in [3.05, 3.63) is 11.9 Å². The molecule has 0 saturated carbocycles. The molecule has 0 bridgehead atoms. The van der Waals surface area contributed by atoms with Crippen LogP contribution in [0, 0.1) is 0 Å². The Hall–Kier alpha value is -1.16. The highest BCUT2D eigenvalue weighted by molar-refractivity contribution is 6.50. The van der Waals surface area contributed by atoms with Gasteiger partial charge in [0.05, 0.1) is 12.8 Å². The van der Waals surface area contributed by atoms with Gasteiger partial charge in [-0.2, -0.15) is 15.4 Å². The molecule has 0 fully saturated rings. The van der Waals surface area contributed by atoms with Crippen molar-refractivity contribution in [2.24, 2.45) is 0 Å². The fraction of sp³-hybridized carbons (Fsp3) is 0.667. The summed E-state index contributed by atoms with van der Waals surface area (Å²) >= 11 is 0. The average molecular weight is 244 g/mol. The van der Waals surface area contributed by atoms with E-state index in [1.807, 2.05) is 6.92 Å². The number of hydrogen-bond donors (Lipinski definition) is 1. The molecule has 1 heterocycles. The van der Waals surface area contributed by atoms with Crippen molar-refractivity contribution in [1.82, 2.24) is 15.4 Å². The van der Waals surface area contributed by atoms with Crippen LogP contribution in [-0.4, -0.2) is 36.1 Å². The minimum absolute atomic E-state index is 0.202. The number of aromatic nitrogens is 3. The van der Waals surface area contributed by atoms with Crippen LogP contribution < -0.4 is 0 Å². The minimum atomic E-state index is -6.00. The first-order valence-corrected chi connectivity index (χ1v) is 4.19. The Labute approximate surface area is 89.2 Å². The third kappa shape index (κ3) is 10.9. The fourth-order valence-corrected chi connectivity index (χ4v) is 0.566. The number of rotatable bonds is 4. The first kappa shape index (κ1) is 14.8. The molecule has 0 aliphatic heterocycles. The number of nitrogens with zero attached hydrogens (tertiary/aromatic N) is 2. The minimum Gasteiger partial charge on any atom is -0.418 e. The number of aromatic amines is 1. The Bertz CT molecular complexity index is 263. The lowest BCUT2D eigenvalue weighted by Gasteiger charge is -2.08. The number of methoxy groups -OCH3 is 1. The Morgan fingerprint density at radius 1 is 1.44 bits per heavy atom. The Kier molecular flexibility index (Phi) is 6.66. The van der Waals surface area contributed by atoms with Crippen molar-refractivity contribution in [1.29, 1.82) is 0 Å². The molecular formula is C6H11BF4N3O2-. The number of nitrogens with one attached hydrogen (secondary N) is 1. The van der Waals surface area contributed by atoms with Crippen LogP contribution >= 0.6 is 0 Å². The Morgan fingerprint density at radius 2 is 2.00 bits per heavy atom. The first-order chi connectivity index (χ1) is 7.33. The van der Waals surface area contributed by atoms with E-state index in [4.69, 9.17) is 9.47 Å². The van der Waals surface area contributed by atoms with Gasteiger partial charge in [0.2, 0.25) is 0 Å². The fourth-order valence-electron chi connectivity index (χ4n) is 0.566. The Balaban J connectivity index is 0.000000385. The Morgan fingerprint density at radius 3 is 2.38 bits per heavy atom. The summed E-state index contributed by atoms with van der Waals surface area (Å²) in [6, 6.07) is 0. The van der Waals surface area contributed by atoms with Crippen LogP contribution in [0.5, 0.6) is 0 Å². The molecule has 1 aromatic heterocycles. The van der Waals surface area contributed by atoms with E-state index in [0.29, 0.717) is 6.61 Å². The molecule has 1 unspecified atom stereocenters. The maximum atomic E-state index is 9.75. The highest BCUT2D eigenvalue weighted by Crippen LogP contribution is 2.06. The summed E-state index contributed by atoms with van der Waals surface area (Å²) in [6.07, 6.45) is 1.41. The molecule has 0 amide bonds. The van der Waals surface area contributed by atoms with Crippen LogP contribution in [0.3, 0.4) is 0 Å². The molecule has 1 aromatic rings. The second kappa shape index (κ2) is 7.17. The van der Waals surface area contributed by atoms with E-state index < -0.39 is 7.25 Å². The smallest absolute Gasteiger partial charge is 0.418 e. The van der Waals surface area contributed by atoms with Gasteiger partial charge < -0.3 is 26.7 Å². The predicted molar refractivity (Wildman–Crippen MR) is 47.8 cm³/mol. The molecule has 94 valence electrons. The zero-order valence-corrected chi connectivity index (χ0v) is 8.66. The topological polar surface area (TPSA) is 60.0 Å². The van der Waals surface area contributed by atoms with Crippen molar-refractivity contribution in [3.63, 3.8) is 0 Å². The third-order valence-corrected chi connectivity index (χ3v) is 1.26. The van der Waals surface area contributed by atoms with Crippen LogP contribution in [0.25, 0.3) is 0 Å². The van der Waals surface area contributed by atoms with E-state index in [9.17, 15) is 17.3 Å². The molecule has 16 heavy (non-hydrogen) atoms.